The van der Waals surface area contributed by atoms with E-state index in [-0.39, 0.29) is 0 Å². The Balaban J connectivity index is 1.68. The molecule has 0 aliphatic carbocycles. The number of likely N-dealkylation sites (N-methyl/N-ethyl adjacent to an activating group) is 1. The Hall–Kier alpha value is -0.610. The molecule has 2 heterocycles. The Kier molecular flexibility index (Phi) is 5.01. The number of amides is 1. The van der Waals surface area contributed by atoms with Crippen molar-refractivity contribution < 1.29 is 4.79 Å². The molecule has 2 aliphatic rings. The van der Waals surface area contributed by atoms with Gasteiger partial charge in [0.05, 0.1) is 0 Å². The lowest BCUT2D eigenvalue weighted by Gasteiger charge is -2.24. The monoisotopic (exact) mass is 253 g/mol. The largest absolute Gasteiger partial charge is 0.341 e. The average Bonchev–Trinajstić information content (AvgIpc) is 2.87. The summed E-state index contributed by atoms with van der Waals surface area (Å²) in [5, 5.41) is 3.42. The van der Waals surface area contributed by atoms with Gasteiger partial charge in [-0.15, -0.1) is 0 Å². The number of rotatable bonds is 4. The Bertz CT molecular complexity index is 274. The zero-order valence-corrected chi connectivity index (χ0v) is 11.8. The normalized spacial score (nSPS) is 28.9. The van der Waals surface area contributed by atoms with E-state index >= 15 is 0 Å². The molecule has 0 bridgehead atoms. The maximum Gasteiger partial charge on any atom is 0.222 e. The SMILES string of the molecule is CN(C)C1CCN(C(=O)CCC2CCCNC2)C1. The summed E-state index contributed by atoms with van der Waals surface area (Å²) in [7, 11) is 4.21. The first-order chi connectivity index (χ1) is 8.66. The van der Waals surface area contributed by atoms with Crippen molar-refractivity contribution in [2.45, 2.75) is 38.1 Å². The second kappa shape index (κ2) is 6.53. The van der Waals surface area contributed by atoms with Gasteiger partial charge in [0.1, 0.15) is 0 Å². The van der Waals surface area contributed by atoms with Gasteiger partial charge in [-0.2, -0.15) is 0 Å². The fraction of sp³-hybridized carbons (Fsp3) is 0.929. The van der Waals surface area contributed by atoms with Crippen LogP contribution < -0.4 is 5.32 Å². The molecule has 18 heavy (non-hydrogen) atoms. The lowest BCUT2D eigenvalue weighted by molar-refractivity contribution is -0.130. The van der Waals surface area contributed by atoms with E-state index in [0.29, 0.717) is 11.9 Å². The van der Waals surface area contributed by atoms with Crippen molar-refractivity contribution >= 4 is 5.91 Å². The molecule has 2 rings (SSSR count). The molecule has 0 saturated carbocycles. The lowest BCUT2D eigenvalue weighted by Crippen LogP contribution is -2.35. The van der Waals surface area contributed by atoms with Gasteiger partial charge >= 0.3 is 0 Å². The number of carbonyl (C=O) groups is 1. The summed E-state index contributed by atoms with van der Waals surface area (Å²) in [6.07, 6.45) is 5.50. The maximum atomic E-state index is 12.1. The number of likely N-dealkylation sites (tertiary alicyclic amines) is 1. The third kappa shape index (κ3) is 3.69. The molecular formula is C14H27N3O. The highest BCUT2D eigenvalue weighted by Gasteiger charge is 2.27. The van der Waals surface area contributed by atoms with Crippen LogP contribution in [0.1, 0.15) is 32.1 Å². The molecule has 4 nitrogen and oxygen atoms in total. The molecule has 1 N–H and O–H groups in total. The molecule has 2 fully saturated rings. The highest BCUT2D eigenvalue weighted by molar-refractivity contribution is 5.76. The number of hydrogen-bond donors (Lipinski definition) is 1. The molecule has 0 spiro atoms. The van der Waals surface area contributed by atoms with Crippen LogP contribution in [-0.2, 0) is 4.79 Å². The van der Waals surface area contributed by atoms with Crippen LogP contribution in [0.3, 0.4) is 0 Å². The highest BCUT2D eigenvalue weighted by Crippen LogP contribution is 2.19. The van der Waals surface area contributed by atoms with Crippen molar-refractivity contribution in [1.82, 2.24) is 15.1 Å². The van der Waals surface area contributed by atoms with E-state index in [0.717, 1.165) is 51.4 Å². The zero-order valence-electron chi connectivity index (χ0n) is 11.8. The quantitative estimate of drug-likeness (QED) is 0.809. The summed E-state index contributed by atoms with van der Waals surface area (Å²) in [5.41, 5.74) is 0. The van der Waals surface area contributed by atoms with Gasteiger partial charge < -0.3 is 15.1 Å². The summed E-state index contributed by atoms with van der Waals surface area (Å²) in [6, 6.07) is 0.560. The summed E-state index contributed by atoms with van der Waals surface area (Å²) < 4.78 is 0. The highest BCUT2D eigenvalue weighted by atomic mass is 16.2. The maximum absolute atomic E-state index is 12.1. The summed E-state index contributed by atoms with van der Waals surface area (Å²) in [6.45, 7) is 4.13. The first kappa shape index (κ1) is 13.8. The van der Waals surface area contributed by atoms with Gasteiger partial charge in [-0.1, -0.05) is 0 Å². The Morgan fingerprint density at radius 1 is 1.39 bits per heavy atom. The van der Waals surface area contributed by atoms with Gasteiger partial charge in [0.2, 0.25) is 5.91 Å². The standard InChI is InChI=1S/C14H27N3O/c1-16(2)13-7-9-17(11-13)14(18)6-5-12-4-3-8-15-10-12/h12-13,15H,3-11H2,1-2H3. The fourth-order valence-electron chi connectivity index (χ4n) is 3.05. The van der Waals surface area contributed by atoms with E-state index < -0.39 is 0 Å². The minimum absolute atomic E-state index is 0.366. The average molecular weight is 253 g/mol. The fourth-order valence-corrected chi connectivity index (χ4v) is 3.05. The van der Waals surface area contributed by atoms with E-state index in [4.69, 9.17) is 0 Å². The van der Waals surface area contributed by atoms with Crippen LogP contribution in [0.2, 0.25) is 0 Å². The van der Waals surface area contributed by atoms with Crippen molar-refractivity contribution in [1.29, 1.82) is 0 Å². The smallest absolute Gasteiger partial charge is 0.222 e. The minimum atomic E-state index is 0.366. The van der Waals surface area contributed by atoms with Crippen molar-refractivity contribution in [3.63, 3.8) is 0 Å². The Morgan fingerprint density at radius 2 is 2.22 bits per heavy atom. The molecule has 104 valence electrons. The minimum Gasteiger partial charge on any atom is -0.341 e. The van der Waals surface area contributed by atoms with Gasteiger partial charge in [-0.3, -0.25) is 4.79 Å². The second-order valence-electron chi connectivity index (χ2n) is 6.00. The summed E-state index contributed by atoms with van der Waals surface area (Å²) in [4.78, 5) is 16.4. The molecule has 0 aromatic rings. The molecule has 2 saturated heterocycles. The third-order valence-electron chi connectivity index (χ3n) is 4.41. The van der Waals surface area contributed by atoms with Crippen LogP contribution in [0.4, 0.5) is 0 Å². The molecule has 4 heteroatoms. The third-order valence-corrected chi connectivity index (χ3v) is 4.41. The molecular weight excluding hydrogens is 226 g/mol. The summed E-state index contributed by atoms with van der Waals surface area (Å²) in [5.74, 6) is 1.08. The van der Waals surface area contributed by atoms with Crippen LogP contribution in [0, 0.1) is 5.92 Å². The molecule has 1 amide bonds. The van der Waals surface area contributed by atoms with E-state index in [9.17, 15) is 4.79 Å². The van der Waals surface area contributed by atoms with Gasteiger partial charge in [0, 0.05) is 25.6 Å². The Morgan fingerprint density at radius 3 is 2.83 bits per heavy atom. The van der Waals surface area contributed by atoms with Crippen LogP contribution >= 0.6 is 0 Å². The van der Waals surface area contributed by atoms with E-state index in [1.54, 1.807) is 0 Å². The molecule has 2 aliphatic heterocycles. The van der Waals surface area contributed by atoms with Gasteiger partial charge in [0.25, 0.3) is 0 Å². The first-order valence-electron chi connectivity index (χ1n) is 7.31. The van der Waals surface area contributed by atoms with Crippen LogP contribution in [0.5, 0.6) is 0 Å². The lowest BCUT2D eigenvalue weighted by atomic mass is 9.94. The molecule has 2 atom stereocenters. The van der Waals surface area contributed by atoms with Crippen molar-refractivity contribution in [2.75, 3.05) is 40.3 Å². The van der Waals surface area contributed by atoms with Gasteiger partial charge in [0.15, 0.2) is 0 Å². The first-order valence-corrected chi connectivity index (χ1v) is 7.31. The van der Waals surface area contributed by atoms with Gasteiger partial charge in [-0.05, 0) is 58.8 Å². The van der Waals surface area contributed by atoms with E-state index in [2.05, 4.69) is 29.2 Å². The Labute approximate surface area is 111 Å². The molecule has 2 unspecified atom stereocenters. The van der Waals surface area contributed by atoms with E-state index in [1.807, 2.05) is 0 Å². The second-order valence-corrected chi connectivity index (χ2v) is 6.00. The van der Waals surface area contributed by atoms with Crippen molar-refractivity contribution in [3.8, 4) is 0 Å². The van der Waals surface area contributed by atoms with Crippen molar-refractivity contribution in [3.05, 3.63) is 0 Å². The van der Waals surface area contributed by atoms with Crippen LogP contribution in [0.25, 0.3) is 0 Å². The number of piperidine rings is 1. The topological polar surface area (TPSA) is 35.6 Å². The number of hydrogen-bond acceptors (Lipinski definition) is 3. The summed E-state index contributed by atoms with van der Waals surface area (Å²) >= 11 is 0. The van der Waals surface area contributed by atoms with E-state index in [1.165, 1.54) is 12.8 Å². The molecule has 0 aromatic heterocycles. The zero-order chi connectivity index (χ0) is 13.0. The predicted octanol–water partition coefficient (Wildman–Crippen LogP) is 0.929. The van der Waals surface area contributed by atoms with Gasteiger partial charge in [-0.25, -0.2) is 0 Å². The van der Waals surface area contributed by atoms with Crippen LogP contribution in [0.15, 0.2) is 0 Å². The number of nitrogens with zero attached hydrogens (tertiary/aromatic N) is 2. The predicted molar refractivity (Wildman–Crippen MR) is 73.5 cm³/mol. The number of nitrogens with one attached hydrogen (secondary N) is 1. The number of carbonyl (C=O) groups excluding carboxylic acids is 1. The van der Waals surface area contributed by atoms with Crippen molar-refractivity contribution in [2.24, 2.45) is 5.92 Å². The van der Waals surface area contributed by atoms with Crippen LogP contribution in [-0.4, -0.2) is 62.0 Å². The molecule has 0 radical (unpaired) electrons. The molecule has 0 aromatic carbocycles.